The zero-order valence-electron chi connectivity index (χ0n) is 16.0. The molecule has 0 saturated carbocycles. The van der Waals surface area contributed by atoms with Gasteiger partial charge < -0.3 is 4.57 Å². The zero-order chi connectivity index (χ0) is 19.8. The molecule has 142 valence electrons. The fraction of sp³-hybridized carbons (Fsp3) is 0.130. The first kappa shape index (κ1) is 17.3. The molecule has 5 rings (SSSR count). The highest BCUT2D eigenvalue weighted by molar-refractivity contribution is 5.92. The van der Waals surface area contributed by atoms with E-state index >= 15 is 0 Å². The Bertz CT molecular complexity index is 1390. The average molecular weight is 381 g/mol. The van der Waals surface area contributed by atoms with Gasteiger partial charge in [0.1, 0.15) is 0 Å². The van der Waals surface area contributed by atoms with E-state index in [9.17, 15) is 4.79 Å². The molecule has 0 spiro atoms. The molecule has 5 aromatic rings. The Balaban J connectivity index is 1.60. The number of hydrogen-bond donors (Lipinski definition) is 0. The molecule has 6 heteroatoms. The van der Waals surface area contributed by atoms with Crippen molar-refractivity contribution in [2.24, 2.45) is 0 Å². The van der Waals surface area contributed by atoms with Crippen LogP contribution in [0.3, 0.4) is 0 Å². The summed E-state index contributed by atoms with van der Waals surface area (Å²) in [6.45, 7) is 2.79. The van der Waals surface area contributed by atoms with Crippen molar-refractivity contribution in [3.8, 4) is 22.5 Å². The molecule has 0 saturated heterocycles. The fourth-order valence-corrected chi connectivity index (χ4v) is 3.66. The van der Waals surface area contributed by atoms with E-state index in [1.54, 1.807) is 16.8 Å². The topological polar surface area (TPSA) is 65.1 Å². The van der Waals surface area contributed by atoms with Crippen LogP contribution in [-0.4, -0.2) is 24.1 Å². The van der Waals surface area contributed by atoms with E-state index in [1.807, 2.05) is 65.3 Å². The van der Waals surface area contributed by atoms with Crippen molar-refractivity contribution in [1.29, 1.82) is 0 Å². The molecule has 1 aromatic carbocycles. The summed E-state index contributed by atoms with van der Waals surface area (Å²) in [7, 11) is 0. The van der Waals surface area contributed by atoms with E-state index in [2.05, 4.69) is 22.1 Å². The number of aromatic nitrogens is 5. The first-order valence-electron chi connectivity index (χ1n) is 9.64. The van der Waals surface area contributed by atoms with Crippen molar-refractivity contribution in [1.82, 2.24) is 24.1 Å². The minimum absolute atomic E-state index is 0.00892. The standard InChI is InChI=1S/C23H19N5O/c1-2-11-27-12-8-17(15-22(27)29)16-9-13-28-21(14-16)25-26-23(28)19-7-10-24-20-6-4-3-5-18(19)20/h3-10,12-15H,2,11H2,1H3. The van der Waals surface area contributed by atoms with Crippen LogP contribution in [0.1, 0.15) is 13.3 Å². The first-order chi connectivity index (χ1) is 14.2. The Morgan fingerprint density at radius 3 is 2.62 bits per heavy atom. The number of aryl methyl sites for hydroxylation is 1. The van der Waals surface area contributed by atoms with E-state index in [4.69, 9.17) is 0 Å². The van der Waals surface area contributed by atoms with E-state index < -0.39 is 0 Å². The average Bonchev–Trinajstić information content (AvgIpc) is 3.18. The van der Waals surface area contributed by atoms with Gasteiger partial charge >= 0.3 is 0 Å². The third-order valence-corrected chi connectivity index (χ3v) is 5.09. The molecule has 0 aliphatic carbocycles. The molecule has 0 unspecified atom stereocenters. The van der Waals surface area contributed by atoms with Crippen LogP contribution >= 0.6 is 0 Å². The quantitative estimate of drug-likeness (QED) is 0.468. The molecule has 4 heterocycles. The Kier molecular flexibility index (Phi) is 4.17. The van der Waals surface area contributed by atoms with Crippen molar-refractivity contribution in [2.45, 2.75) is 19.9 Å². The summed E-state index contributed by atoms with van der Waals surface area (Å²) in [5, 5.41) is 9.83. The second-order valence-electron chi connectivity index (χ2n) is 6.99. The van der Waals surface area contributed by atoms with Crippen molar-refractivity contribution in [3.05, 3.63) is 83.5 Å². The maximum absolute atomic E-state index is 12.3. The lowest BCUT2D eigenvalue weighted by atomic mass is 10.1. The van der Waals surface area contributed by atoms with Gasteiger partial charge in [-0.25, -0.2) is 0 Å². The highest BCUT2D eigenvalue weighted by Crippen LogP contribution is 2.27. The molecule has 0 radical (unpaired) electrons. The summed E-state index contributed by atoms with van der Waals surface area (Å²) in [4.78, 5) is 16.7. The van der Waals surface area contributed by atoms with Gasteiger partial charge in [-0.1, -0.05) is 25.1 Å². The third kappa shape index (κ3) is 2.99. The minimum atomic E-state index is 0.00892. The Hall–Kier alpha value is -3.80. The van der Waals surface area contributed by atoms with Crippen molar-refractivity contribution >= 4 is 16.6 Å². The normalized spacial score (nSPS) is 11.3. The molecular weight excluding hydrogens is 362 g/mol. The molecule has 0 aliphatic rings. The number of benzene rings is 1. The van der Waals surface area contributed by atoms with E-state index in [0.717, 1.165) is 52.0 Å². The van der Waals surface area contributed by atoms with Crippen LogP contribution in [0.5, 0.6) is 0 Å². The number of nitrogens with zero attached hydrogens (tertiary/aromatic N) is 5. The molecule has 0 aliphatic heterocycles. The van der Waals surface area contributed by atoms with Crippen LogP contribution in [0.2, 0.25) is 0 Å². The van der Waals surface area contributed by atoms with Crippen LogP contribution in [0.25, 0.3) is 39.1 Å². The Labute approximate surface area is 167 Å². The molecule has 0 atom stereocenters. The third-order valence-electron chi connectivity index (χ3n) is 5.09. The fourth-order valence-electron chi connectivity index (χ4n) is 3.66. The Morgan fingerprint density at radius 1 is 0.931 bits per heavy atom. The van der Waals surface area contributed by atoms with Gasteiger partial charge in [0, 0.05) is 42.2 Å². The van der Waals surface area contributed by atoms with Crippen LogP contribution in [0, 0.1) is 0 Å². The van der Waals surface area contributed by atoms with Gasteiger partial charge in [0.25, 0.3) is 5.56 Å². The molecule has 0 bridgehead atoms. The lowest BCUT2D eigenvalue weighted by molar-refractivity contribution is 0.654. The molecule has 0 N–H and O–H groups in total. The summed E-state index contributed by atoms with van der Waals surface area (Å²) in [6, 6.07) is 17.5. The summed E-state index contributed by atoms with van der Waals surface area (Å²) in [5.74, 6) is 0.767. The summed E-state index contributed by atoms with van der Waals surface area (Å²) in [5.41, 5.74) is 4.47. The van der Waals surface area contributed by atoms with Gasteiger partial charge in [0.15, 0.2) is 11.5 Å². The lowest BCUT2D eigenvalue weighted by Crippen LogP contribution is -2.18. The molecule has 0 amide bonds. The van der Waals surface area contributed by atoms with Crippen LogP contribution in [0.15, 0.2) is 78.0 Å². The minimum Gasteiger partial charge on any atom is -0.316 e. The monoisotopic (exact) mass is 381 g/mol. The van der Waals surface area contributed by atoms with Crippen LogP contribution in [0.4, 0.5) is 0 Å². The van der Waals surface area contributed by atoms with Gasteiger partial charge in [-0.15, -0.1) is 10.2 Å². The number of rotatable bonds is 4. The summed E-state index contributed by atoms with van der Waals surface area (Å²) < 4.78 is 3.69. The Morgan fingerprint density at radius 2 is 1.76 bits per heavy atom. The van der Waals surface area contributed by atoms with E-state index in [0.29, 0.717) is 0 Å². The highest BCUT2D eigenvalue weighted by atomic mass is 16.1. The maximum atomic E-state index is 12.3. The van der Waals surface area contributed by atoms with Gasteiger partial charge in [-0.05, 0) is 47.9 Å². The van der Waals surface area contributed by atoms with Gasteiger partial charge in [-0.3, -0.25) is 14.2 Å². The predicted octanol–water partition coefficient (Wildman–Crippen LogP) is 4.18. The smallest absolute Gasteiger partial charge is 0.251 e. The van der Waals surface area contributed by atoms with Gasteiger partial charge in [-0.2, -0.15) is 0 Å². The number of pyridine rings is 3. The largest absolute Gasteiger partial charge is 0.316 e. The SMILES string of the molecule is CCCn1ccc(-c2ccn3c(-c4ccnc5ccccc45)nnc3c2)cc1=O. The summed E-state index contributed by atoms with van der Waals surface area (Å²) >= 11 is 0. The summed E-state index contributed by atoms with van der Waals surface area (Å²) in [6.07, 6.45) is 6.52. The van der Waals surface area contributed by atoms with Crippen molar-refractivity contribution in [3.63, 3.8) is 0 Å². The lowest BCUT2D eigenvalue weighted by Gasteiger charge is -2.07. The molecule has 6 nitrogen and oxygen atoms in total. The first-order valence-corrected chi connectivity index (χ1v) is 9.64. The second kappa shape index (κ2) is 6.98. The predicted molar refractivity (Wildman–Crippen MR) is 114 cm³/mol. The maximum Gasteiger partial charge on any atom is 0.251 e. The van der Waals surface area contributed by atoms with Gasteiger partial charge in [0.05, 0.1) is 5.52 Å². The highest BCUT2D eigenvalue weighted by Gasteiger charge is 2.12. The molecule has 0 fully saturated rings. The second-order valence-corrected chi connectivity index (χ2v) is 6.99. The number of hydrogen-bond acceptors (Lipinski definition) is 4. The zero-order valence-corrected chi connectivity index (χ0v) is 16.0. The van der Waals surface area contributed by atoms with E-state index in [-0.39, 0.29) is 5.56 Å². The van der Waals surface area contributed by atoms with Crippen molar-refractivity contribution in [2.75, 3.05) is 0 Å². The molecule has 29 heavy (non-hydrogen) atoms. The van der Waals surface area contributed by atoms with Gasteiger partial charge in [0.2, 0.25) is 0 Å². The van der Waals surface area contributed by atoms with Crippen molar-refractivity contribution < 1.29 is 0 Å². The number of fused-ring (bicyclic) bond motifs is 2. The van der Waals surface area contributed by atoms with Crippen LogP contribution < -0.4 is 5.56 Å². The number of para-hydroxylation sites is 1. The van der Waals surface area contributed by atoms with Crippen LogP contribution in [-0.2, 0) is 6.54 Å². The van der Waals surface area contributed by atoms with E-state index in [1.165, 1.54) is 0 Å². The molecule has 4 aromatic heterocycles. The molecular formula is C23H19N5O.